The average molecular weight is 308 g/mol. The van der Waals surface area contributed by atoms with Gasteiger partial charge < -0.3 is 5.73 Å². The fourth-order valence-electron chi connectivity index (χ4n) is 4.07. The van der Waals surface area contributed by atoms with Crippen molar-refractivity contribution in [2.75, 3.05) is 0 Å². The smallest absolute Gasteiger partial charge is 0.0308 e. The topological polar surface area (TPSA) is 26.0 Å². The van der Waals surface area contributed by atoms with E-state index in [2.05, 4.69) is 41.1 Å². The van der Waals surface area contributed by atoms with Crippen molar-refractivity contribution < 1.29 is 0 Å². The molecule has 2 saturated carbocycles. The third kappa shape index (κ3) is 2.37. The third-order valence-corrected chi connectivity index (χ3v) is 5.71. The number of hydrogen-bond donors (Lipinski definition) is 1. The zero-order valence-electron chi connectivity index (χ0n) is 11.0. The number of aryl methyl sites for hydroxylation is 1. The second-order valence-corrected chi connectivity index (χ2v) is 7.16. The summed E-state index contributed by atoms with van der Waals surface area (Å²) in [5.41, 5.74) is 9.04. The molecule has 0 aromatic heterocycles. The molecule has 3 rings (SSSR count). The van der Waals surface area contributed by atoms with Crippen LogP contribution in [0.2, 0.25) is 0 Å². The van der Waals surface area contributed by atoms with Gasteiger partial charge in [-0.25, -0.2) is 0 Å². The van der Waals surface area contributed by atoms with Crippen LogP contribution in [0.3, 0.4) is 0 Å². The average Bonchev–Trinajstić information content (AvgIpc) is 2.94. The highest BCUT2D eigenvalue weighted by Crippen LogP contribution is 2.50. The first-order valence-corrected chi connectivity index (χ1v) is 7.94. The zero-order valence-corrected chi connectivity index (χ0v) is 12.6. The van der Waals surface area contributed by atoms with Crippen molar-refractivity contribution in [3.05, 3.63) is 33.8 Å². The first-order valence-electron chi connectivity index (χ1n) is 7.15. The molecule has 2 bridgehead atoms. The lowest BCUT2D eigenvalue weighted by Gasteiger charge is -2.25. The first-order chi connectivity index (χ1) is 8.63. The predicted molar refractivity (Wildman–Crippen MR) is 79.4 cm³/mol. The molecule has 0 spiro atoms. The lowest BCUT2D eigenvalue weighted by molar-refractivity contribution is 0.296. The molecular weight excluding hydrogens is 286 g/mol. The molecule has 2 aliphatic carbocycles. The van der Waals surface area contributed by atoms with Crippen molar-refractivity contribution in [1.82, 2.24) is 0 Å². The van der Waals surface area contributed by atoms with Crippen molar-refractivity contribution in [2.45, 2.75) is 45.1 Å². The van der Waals surface area contributed by atoms with Gasteiger partial charge in [-0.05, 0) is 62.0 Å². The van der Waals surface area contributed by atoms with Gasteiger partial charge in [0.1, 0.15) is 0 Å². The van der Waals surface area contributed by atoms with Crippen LogP contribution in [0.4, 0.5) is 0 Å². The summed E-state index contributed by atoms with van der Waals surface area (Å²) < 4.78 is 1.17. The Morgan fingerprint density at radius 2 is 2.17 bits per heavy atom. The Bertz CT molecular complexity index is 443. The van der Waals surface area contributed by atoms with Crippen LogP contribution in [-0.4, -0.2) is 0 Å². The molecule has 2 fully saturated rings. The Morgan fingerprint density at radius 1 is 1.33 bits per heavy atom. The molecule has 0 aliphatic heterocycles. The van der Waals surface area contributed by atoms with Crippen LogP contribution in [0, 0.1) is 24.7 Å². The van der Waals surface area contributed by atoms with Crippen LogP contribution in [0.5, 0.6) is 0 Å². The molecule has 98 valence electrons. The van der Waals surface area contributed by atoms with Crippen molar-refractivity contribution >= 4 is 15.9 Å². The minimum Gasteiger partial charge on any atom is -0.324 e. The van der Waals surface area contributed by atoms with E-state index in [1.165, 1.54) is 47.7 Å². The van der Waals surface area contributed by atoms with Gasteiger partial charge in [0, 0.05) is 10.5 Å². The highest BCUT2D eigenvalue weighted by molar-refractivity contribution is 9.10. The van der Waals surface area contributed by atoms with Crippen molar-refractivity contribution in [2.24, 2.45) is 23.5 Å². The number of hydrogen-bond acceptors (Lipinski definition) is 1. The standard InChI is InChI=1S/C16H22BrN/c1-10-2-5-15(17)14(6-10)16(18)9-13-8-11-3-4-12(13)7-11/h2,5-6,11-13,16H,3-4,7-9,18H2,1H3. The van der Waals surface area contributed by atoms with E-state index in [0.717, 1.165) is 17.8 Å². The number of rotatable bonds is 3. The van der Waals surface area contributed by atoms with E-state index in [9.17, 15) is 0 Å². The van der Waals surface area contributed by atoms with E-state index in [4.69, 9.17) is 5.73 Å². The van der Waals surface area contributed by atoms with E-state index in [0.29, 0.717) is 0 Å². The van der Waals surface area contributed by atoms with Gasteiger partial charge in [-0.3, -0.25) is 0 Å². The zero-order chi connectivity index (χ0) is 12.7. The van der Waals surface area contributed by atoms with Gasteiger partial charge >= 0.3 is 0 Å². The van der Waals surface area contributed by atoms with E-state index < -0.39 is 0 Å². The number of halogens is 1. The maximum Gasteiger partial charge on any atom is 0.0308 e. The fourth-order valence-corrected chi connectivity index (χ4v) is 4.61. The number of fused-ring (bicyclic) bond motifs is 2. The molecule has 2 aliphatic rings. The first kappa shape index (κ1) is 12.7. The van der Waals surface area contributed by atoms with Crippen LogP contribution in [0.1, 0.15) is 49.3 Å². The Labute approximate surface area is 118 Å². The third-order valence-electron chi connectivity index (χ3n) is 4.99. The monoisotopic (exact) mass is 307 g/mol. The molecule has 1 aromatic rings. The summed E-state index contributed by atoms with van der Waals surface area (Å²) in [5, 5.41) is 0. The Hall–Kier alpha value is -0.340. The lowest BCUT2D eigenvalue weighted by Crippen LogP contribution is -2.19. The van der Waals surface area contributed by atoms with Crippen LogP contribution < -0.4 is 5.73 Å². The van der Waals surface area contributed by atoms with Crippen molar-refractivity contribution in [3.8, 4) is 0 Å². The number of nitrogens with two attached hydrogens (primary N) is 1. The molecular formula is C16H22BrN. The molecule has 0 saturated heterocycles. The van der Waals surface area contributed by atoms with Gasteiger partial charge in [0.2, 0.25) is 0 Å². The normalized spacial score (nSPS) is 31.8. The Morgan fingerprint density at radius 3 is 2.83 bits per heavy atom. The van der Waals surface area contributed by atoms with E-state index in [1.54, 1.807) is 0 Å². The van der Waals surface area contributed by atoms with Gasteiger partial charge in [-0.15, -0.1) is 0 Å². The molecule has 0 radical (unpaired) electrons. The largest absolute Gasteiger partial charge is 0.324 e. The molecule has 4 unspecified atom stereocenters. The van der Waals surface area contributed by atoms with Crippen molar-refractivity contribution in [1.29, 1.82) is 0 Å². The maximum absolute atomic E-state index is 6.45. The lowest BCUT2D eigenvalue weighted by atomic mass is 9.83. The molecule has 2 N–H and O–H groups in total. The van der Waals surface area contributed by atoms with Crippen LogP contribution >= 0.6 is 15.9 Å². The van der Waals surface area contributed by atoms with Crippen molar-refractivity contribution in [3.63, 3.8) is 0 Å². The second-order valence-electron chi connectivity index (χ2n) is 6.30. The molecule has 0 heterocycles. The highest BCUT2D eigenvalue weighted by Gasteiger charge is 2.39. The van der Waals surface area contributed by atoms with Crippen LogP contribution in [0.15, 0.2) is 22.7 Å². The van der Waals surface area contributed by atoms with E-state index in [1.807, 2.05) is 0 Å². The molecule has 4 atom stereocenters. The number of benzene rings is 1. The van der Waals surface area contributed by atoms with Gasteiger partial charge in [0.15, 0.2) is 0 Å². The fraction of sp³-hybridized carbons (Fsp3) is 0.625. The summed E-state index contributed by atoms with van der Waals surface area (Å²) in [5.74, 6) is 2.88. The summed E-state index contributed by atoms with van der Waals surface area (Å²) in [6, 6.07) is 6.70. The summed E-state index contributed by atoms with van der Waals surface area (Å²) in [4.78, 5) is 0. The summed E-state index contributed by atoms with van der Waals surface area (Å²) in [6.45, 7) is 2.14. The molecule has 2 heteroatoms. The summed E-state index contributed by atoms with van der Waals surface area (Å²) in [7, 11) is 0. The van der Waals surface area contributed by atoms with Gasteiger partial charge in [0.25, 0.3) is 0 Å². The molecule has 1 nitrogen and oxygen atoms in total. The Balaban J connectivity index is 1.71. The predicted octanol–water partition coefficient (Wildman–Crippen LogP) is 4.58. The molecule has 1 aromatic carbocycles. The van der Waals surface area contributed by atoms with E-state index in [-0.39, 0.29) is 6.04 Å². The van der Waals surface area contributed by atoms with Gasteiger partial charge in [0.05, 0.1) is 0 Å². The molecule has 18 heavy (non-hydrogen) atoms. The minimum atomic E-state index is 0.198. The second kappa shape index (κ2) is 4.97. The van der Waals surface area contributed by atoms with Gasteiger partial charge in [-0.1, -0.05) is 40.0 Å². The minimum absolute atomic E-state index is 0.198. The SMILES string of the molecule is Cc1ccc(Br)c(C(N)CC2CC3CCC2C3)c1. The Kier molecular flexibility index (Phi) is 3.50. The maximum atomic E-state index is 6.45. The quantitative estimate of drug-likeness (QED) is 0.869. The highest BCUT2D eigenvalue weighted by atomic mass is 79.9. The van der Waals surface area contributed by atoms with Gasteiger partial charge in [-0.2, -0.15) is 0 Å². The summed E-state index contributed by atoms with van der Waals surface area (Å²) >= 11 is 3.64. The van der Waals surface area contributed by atoms with Crippen LogP contribution in [0.25, 0.3) is 0 Å². The summed E-state index contributed by atoms with van der Waals surface area (Å²) in [6.07, 6.45) is 7.01. The molecule has 0 amide bonds. The van der Waals surface area contributed by atoms with E-state index >= 15 is 0 Å². The van der Waals surface area contributed by atoms with Crippen LogP contribution in [-0.2, 0) is 0 Å².